The number of nitrogens with zero attached hydrogens (tertiary/aromatic N) is 5. The van der Waals surface area contributed by atoms with E-state index in [2.05, 4.69) is 10.1 Å². The Morgan fingerprint density at radius 1 is 1.11 bits per heavy atom. The van der Waals surface area contributed by atoms with E-state index >= 15 is 0 Å². The number of hydrogen-bond acceptors (Lipinski definition) is 4. The van der Waals surface area contributed by atoms with Gasteiger partial charge < -0.3 is 9.47 Å². The molecule has 1 aromatic carbocycles. The molecule has 3 aromatic heterocycles. The highest BCUT2D eigenvalue weighted by molar-refractivity contribution is 6.36. The number of carbonyl (C=O) groups excluding carboxylic acids is 1. The molecule has 0 saturated carbocycles. The Morgan fingerprint density at radius 2 is 1.89 bits per heavy atom. The van der Waals surface area contributed by atoms with Crippen molar-refractivity contribution in [3.05, 3.63) is 63.7 Å². The molecule has 0 bridgehead atoms. The number of rotatable bonds is 2. The maximum Gasteiger partial charge on any atom is 0.297 e. The van der Waals surface area contributed by atoms with Gasteiger partial charge in [0, 0.05) is 38.1 Å². The fraction of sp³-hybridized carbons (Fsp3) is 0.158. The van der Waals surface area contributed by atoms with Crippen LogP contribution in [0.3, 0.4) is 0 Å². The number of benzene rings is 1. The lowest BCUT2D eigenvalue weighted by molar-refractivity contribution is 0.0822. The molecule has 0 atom stereocenters. The van der Waals surface area contributed by atoms with Gasteiger partial charge in [0.2, 0.25) is 0 Å². The number of aryl methyl sites for hydroxylation is 1. The van der Waals surface area contributed by atoms with Gasteiger partial charge in [-0.2, -0.15) is 9.78 Å². The van der Waals surface area contributed by atoms with Gasteiger partial charge in [-0.1, -0.05) is 29.8 Å². The van der Waals surface area contributed by atoms with Crippen LogP contribution in [-0.2, 0) is 7.05 Å². The third kappa shape index (κ3) is 2.50. The molecule has 0 unspecified atom stereocenters. The van der Waals surface area contributed by atoms with Crippen molar-refractivity contribution in [3.8, 4) is 5.82 Å². The van der Waals surface area contributed by atoms with Gasteiger partial charge in [-0.15, -0.1) is 0 Å². The zero-order valence-corrected chi connectivity index (χ0v) is 15.7. The maximum atomic E-state index is 13.2. The number of aromatic nitrogens is 4. The summed E-state index contributed by atoms with van der Waals surface area (Å²) in [4.78, 5) is 31.8. The van der Waals surface area contributed by atoms with Crippen molar-refractivity contribution in [1.29, 1.82) is 0 Å². The van der Waals surface area contributed by atoms with E-state index in [1.54, 1.807) is 62.2 Å². The quantitative estimate of drug-likeness (QED) is 0.535. The normalized spacial score (nSPS) is 11.3. The minimum absolute atomic E-state index is 0.174. The Bertz CT molecular complexity index is 1260. The number of fused-ring (bicyclic) bond motifs is 3. The van der Waals surface area contributed by atoms with Gasteiger partial charge in [0.15, 0.2) is 11.5 Å². The highest BCUT2D eigenvalue weighted by Crippen LogP contribution is 2.33. The third-order valence-corrected chi connectivity index (χ3v) is 4.78. The first-order valence-electron chi connectivity index (χ1n) is 8.25. The molecule has 136 valence electrons. The molecule has 4 aromatic rings. The molecule has 3 heterocycles. The lowest BCUT2D eigenvalue weighted by atomic mass is 10.1. The van der Waals surface area contributed by atoms with Crippen molar-refractivity contribution in [2.45, 2.75) is 0 Å². The van der Waals surface area contributed by atoms with Gasteiger partial charge >= 0.3 is 0 Å². The summed E-state index contributed by atoms with van der Waals surface area (Å²) in [6.45, 7) is 0. The van der Waals surface area contributed by atoms with Crippen LogP contribution in [0.2, 0.25) is 5.02 Å². The second kappa shape index (κ2) is 6.21. The molecular formula is C19H16ClN5O2. The van der Waals surface area contributed by atoms with Crippen LogP contribution in [0, 0.1) is 0 Å². The number of amides is 1. The van der Waals surface area contributed by atoms with E-state index in [0.717, 1.165) is 4.68 Å². The van der Waals surface area contributed by atoms with E-state index in [0.29, 0.717) is 32.6 Å². The molecular weight excluding hydrogens is 366 g/mol. The van der Waals surface area contributed by atoms with Crippen molar-refractivity contribution < 1.29 is 4.79 Å². The molecule has 27 heavy (non-hydrogen) atoms. The average Bonchev–Trinajstić information content (AvgIpc) is 2.97. The smallest absolute Gasteiger partial charge is 0.297 e. The van der Waals surface area contributed by atoms with Crippen LogP contribution in [0.5, 0.6) is 0 Å². The zero-order chi connectivity index (χ0) is 19.3. The summed E-state index contributed by atoms with van der Waals surface area (Å²) in [7, 11) is 5.04. The first-order valence-corrected chi connectivity index (χ1v) is 8.62. The van der Waals surface area contributed by atoms with Crippen LogP contribution in [0.1, 0.15) is 10.5 Å². The Morgan fingerprint density at radius 3 is 2.56 bits per heavy atom. The molecule has 0 N–H and O–H groups in total. The molecule has 0 aliphatic carbocycles. The fourth-order valence-electron chi connectivity index (χ4n) is 3.25. The number of para-hydroxylation sites is 1. The summed E-state index contributed by atoms with van der Waals surface area (Å²) in [6.07, 6.45) is 1.57. The second-order valence-corrected chi connectivity index (χ2v) is 6.78. The number of pyridine rings is 1. The molecule has 0 aliphatic rings. The van der Waals surface area contributed by atoms with Gasteiger partial charge in [0.05, 0.1) is 10.5 Å². The Kier molecular flexibility index (Phi) is 3.96. The number of hydrogen-bond donors (Lipinski definition) is 0. The summed E-state index contributed by atoms with van der Waals surface area (Å²) in [5.41, 5.74) is 0.838. The van der Waals surface area contributed by atoms with Crippen LogP contribution < -0.4 is 5.56 Å². The maximum absolute atomic E-state index is 13.2. The van der Waals surface area contributed by atoms with Crippen LogP contribution in [0.25, 0.3) is 27.6 Å². The summed E-state index contributed by atoms with van der Waals surface area (Å²) < 4.78 is 2.87. The first kappa shape index (κ1) is 17.2. The van der Waals surface area contributed by atoms with Crippen molar-refractivity contribution in [2.24, 2.45) is 7.05 Å². The Labute approximate surface area is 159 Å². The minimum Gasteiger partial charge on any atom is -0.343 e. The molecule has 8 heteroatoms. The lowest BCUT2D eigenvalue weighted by Gasteiger charge is -2.13. The van der Waals surface area contributed by atoms with E-state index in [1.165, 1.54) is 4.90 Å². The first-order chi connectivity index (χ1) is 12.9. The van der Waals surface area contributed by atoms with E-state index in [-0.39, 0.29) is 17.2 Å². The molecule has 1 amide bonds. The van der Waals surface area contributed by atoms with Crippen molar-refractivity contribution in [1.82, 2.24) is 24.2 Å². The largest absolute Gasteiger partial charge is 0.343 e. The topological polar surface area (TPSA) is 73.0 Å². The molecule has 0 saturated heterocycles. The lowest BCUT2D eigenvalue weighted by Crippen LogP contribution is -2.30. The van der Waals surface area contributed by atoms with Crippen molar-refractivity contribution in [2.75, 3.05) is 14.1 Å². The van der Waals surface area contributed by atoms with E-state index in [1.807, 2.05) is 6.07 Å². The van der Waals surface area contributed by atoms with Crippen LogP contribution in [-0.4, -0.2) is 44.2 Å². The molecule has 4 rings (SSSR count). The second-order valence-electron chi connectivity index (χ2n) is 6.37. The minimum atomic E-state index is -0.367. The Balaban J connectivity index is 2.25. The molecule has 7 nitrogen and oxygen atoms in total. The summed E-state index contributed by atoms with van der Waals surface area (Å²) in [5, 5.41) is 6.08. The summed E-state index contributed by atoms with van der Waals surface area (Å²) >= 11 is 6.38. The highest BCUT2D eigenvalue weighted by Gasteiger charge is 2.25. The van der Waals surface area contributed by atoms with Gasteiger partial charge in [0.25, 0.3) is 11.5 Å². The van der Waals surface area contributed by atoms with Crippen LogP contribution >= 0.6 is 11.6 Å². The molecule has 0 spiro atoms. The van der Waals surface area contributed by atoms with Crippen LogP contribution in [0.15, 0.2) is 47.4 Å². The van der Waals surface area contributed by atoms with Gasteiger partial charge in [-0.3, -0.25) is 9.59 Å². The highest BCUT2D eigenvalue weighted by atomic mass is 35.5. The summed E-state index contributed by atoms with van der Waals surface area (Å²) in [5.74, 6) is 0.0331. The Hall–Kier alpha value is -3.19. The predicted molar refractivity (Wildman–Crippen MR) is 105 cm³/mol. The van der Waals surface area contributed by atoms with Crippen molar-refractivity contribution in [3.63, 3.8) is 0 Å². The third-order valence-electron chi connectivity index (χ3n) is 4.47. The van der Waals surface area contributed by atoms with E-state index in [4.69, 9.17) is 11.6 Å². The van der Waals surface area contributed by atoms with Crippen LogP contribution in [0.4, 0.5) is 0 Å². The van der Waals surface area contributed by atoms with Crippen molar-refractivity contribution >= 4 is 39.3 Å². The number of halogens is 1. The summed E-state index contributed by atoms with van der Waals surface area (Å²) in [6, 6.07) is 10.5. The van der Waals surface area contributed by atoms with E-state index in [9.17, 15) is 9.59 Å². The van der Waals surface area contributed by atoms with E-state index < -0.39 is 0 Å². The molecule has 0 radical (unpaired) electrons. The number of carbonyl (C=O) groups is 1. The van der Waals surface area contributed by atoms with Gasteiger partial charge in [0.1, 0.15) is 5.52 Å². The van der Waals surface area contributed by atoms with Gasteiger partial charge in [-0.25, -0.2) is 4.98 Å². The average molecular weight is 382 g/mol. The standard InChI is InChI=1S/C19H16ClN5O2/c1-23(2)18(26)15-14-11-7-6-8-12(20)16(11)24(3)17(14)19(27)25(22-15)13-9-4-5-10-21-13/h4-10H,1-3H3. The monoisotopic (exact) mass is 381 g/mol. The fourth-order valence-corrected chi connectivity index (χ4v) is 3.55. The molecule has 0 aliphatic heterocycles. The SMILES string of the molecule is CN(C)C(=O)c1nn(-c2ccccn2)c(=O)c2c1c1cccc(Cl)c1n2C. The molecule has 0 fully saturated rings. The zero-order valence-electron chi connectivity index (χ0n) is 15.0. The predicted octanol–water partition coefficient (Wildman–Crippen LogP) is 2.63. The van der Waals surface area contributed by atoms with Gasteiger partial charge in [-0.05, 0) is 18.2 Å².